The van der Waals surface area contributed by atoms with Crippen LogP contribution in [0.2, 0.25) is 0 Å². The Morgan fingerprint density at radius 1 is 1.27 bits per heavy atom. The molecule has 0 aromatic heterocycles. The molecule has 0 aliphatic carbocycles. The Balaban J connectivity index is 1.71. The van der Waals surface area contributed by atoms with Crippen LogP contribution in [0.15, 0.2) is 46.0 Å². The number of halogens is 1. The second-order valence-electron chi connectivity index (χ2n) is 4.80. The number of hydrogen-bond acceptors (Lipinski definition) is 4. The molecule has 3 rings (SSSR count). The molecule has 0 radical (unpaired) electrons. The molecule has 0 bridgehead atoms. The van der Waals surface area contributed by atoms with Crippen molar-refractivity contribution in [3.63, 3.8) is 0 Å². The van der Waals surface area contributed by atoms with Crippen LogP contribution in [0.25, 0.3) is 0 Å². The van der Waals surface area contributed by atoms with Crippen molar-refractivity contribution in [2.24, 2.45) is 5.10 Å². The summed E-state index contributed by atoms with van der Waals surface area (Å²) < 4.78 is 11.4. The number of fused-ring (bicyclic) bond motifs is 1. The summed E-state index contributed by atoms with van der Waals surface area (Å²) in [7, 11) is 0. The summed E-state index contributed by atoms with van der Waals surface area (Å²) in [5.74, 6) is 1.10. The van der Waals surface area contributed by atoms with Gasteiger partial charge in [-0.15, -0.1) is 0 Å². The number of ether oxygens (including phenoxy) is 2. The minimum atomic E-state index is -0.253. The van der Waals surface area contributed by atoms with Crippen molar-refractivity contribution in [3.8, 4) is 11.5 Å². The summed E-state index contributed by atoms with van der Waals surface area (Å²) in [6, 6.07) is 10.9. The van der Waals surface area contributed by atoms with Crippen molar-refractivity contribution < 1.29 is 14.3 Å². The fourth-order valence-electron chi connectivity index (χ4n) is 2.04. The molecule has 22 heavy (non-hydrogen) atoms. The van der Waals surface area contributed by atoms with E-state index in [-0.39, 0.29) is 12.7 Å². The van der Waals surface area contributed by atoms with Gasteiger partial charge in [0.05, 0.1) is 6.21 Å². The smallest absolute Gasteiger partial charge is 0.271 e. The third-order valence-electron chi connectivity index (χ3n) is 3.14. The van der Waals surface area contributed by atoms with E-state index in [1.165, 1.54) is 0 Å². The largest absolute Gasteiger partial charge is 0.454 e. The van der Waals surface area contributed by atoms with Gasteiger partial charge in [-0.2, -0.15) is 5.10 Å². The van der Waals surface area contributed by atoms with Crippen molar-refractivity contribution in [2.45, 2.75) is 6.92 Å². The van der Waals surface area contributed by atoms with E-state index in [4.69, 9.17) is 9.47 Å². The van der Waals surface area contributed by atoms with Crippen LogP contribution in [0.1, 0.15) is 21.5 Å². The van der Waals surface area contributed by atoms with Crippen LogP contribution in [0.4, 0.5) is 0 Å². The fourth-order valence-corrected chi connectivity index (χ4v) is 2.47. The van der Waals surface area contributed by atoms with Crippen LogP contribution in [-0.2, 0) is 0 Å². The maximum Gasteiger partial charge on any atom is 0.271 e. The molecule has 1 aliphatic rings. The van der Waals surface area contributed by atoms with Gasteiger partial charge < -0.3 is 9.47 Å². The number of nitrogens with zero attached hydrogens (tertiary/aromatic N) is 1. The molecule has 1 heterocycles. The Bertz CT molecular complexity index is 759. The lowest BCUT2D eigenvalue weighted by atomic mass is 10.1. The Morgan fingerprint density at radius 2 is 2.05 bits per heavy atom. The van der Waals surface area contributed by atoms with Gasteiger partial charge in [-0.3, -0.25) is 4.79 Å². The Morgan fingerprint density at radius 3 is 2.82 bits per heavy atom. The van der Waals surface area contributed by atoms with Gasteiger partial charge in [0.2, 0.25) is 6.79 Å². The van der Waals surface area contributed by atoms with Crippen molar-refractivity contribution in [2.75, 3.05) is 6.79 Å². The van der Waals surface area contributed by atoms with E-state index in [9.17, 15) is 4.79 Å². The zero-order valence-corrected chi connectivity index (χ0v) is 13.4. The number of carbonyl (C=O) groups is 1. The molecule has 0 spiro atoms. The van der Waals surface area contributed by atoms with Gasteiger partial charge in [-0.1, -0.05) is 17.7 Å². The number of hydrogen-bond donors (Lipinski definition) is 1. The molecular formula is C16H13BrN2O3. The van der Waals surface area contributed by atoms with Crippen molar-refractivity contribution in [1.29, 1.82) is 0 Å². The summed E-state index contributed by atoms with van der Waals surface area (Å²) in [6.45, 7) is 2.15. The standard InChI is InChI=1S/C16H13BrN2O3/c1-10-3-2-4-11(5-10)16(20)19-18-8-12-6-14-15(7-13(12)17)22-9-21-14/h2-8H,9H2,1H3,(H,19,20)/b18-8+. The van der Waals surface area contributed by atoms with Gasteiger partial charge in [-0.05, 0) is 47.1 Å². The molecular weight excluding hydrogens is 348 g/mol. The minimum Gasteiger partial charge on any atom is -0.454 e. The van der Waals surface area contributed by atoms with E-state index in [0.29, 0.717) is 17.1 Å². The number of amides is 1. The van der Waals surface area contributed by atoms with Crippen LogP contribution >= 0.6 is 15.9 Å². The Labute approximate surface area is 136 Å². The van der Waals surface area contributed by atoms with Crippen molar-refractivity contribution in [3.05, 3.63) is 57.6 Å². The second-order valence-corrected chi connectivity index (χ2v) is 5.65. The molecule has 0 atom stereocenters. The zero-order valence-electron chi connectivity index (χ0n) is 11.8. The van der Waals surface area contributed by atoms with E-state index in [1.54, 1.807) is 24.4 Å². The maximum atomic E-state index is 12.0. The number of benzene rings is 2. The molecule has 2 aromatic rings. The highest BCUT2D eigenvalue weighted by Gasteiger charge is 2.15. The van der Waals surface area contributed by atoms with Crippen LogP contribution < -0.4 is 14.9 Å². The number of rotatable bonds is 3. The summed E-state index contributed by atoms with van der Waals surface area (Å²) in [5, 5.41) is 3.98. The minimum absolute atomic E-state index is 0.215. The summed E-state index contributed by atoms with van der Waals surface area (Å²) >= 11 is 3.43. The highest BCUT2D eigenvalue weighted by Crippen LogP contribution is 2.36. The molecule has 0 saturated carbocycles. The number of nitrogens with one attached hydrogen (secondary N) is 1. The van der Waals surface area contributed by atoms with Gasteiger partial charge in [0.25, 0.3) is 5.91 Å². The summed E-state index contributed by atoms with van der Waals surface area (Å²) in [6.07, 6.45) is 1.56. The quantitative estimate of drug-likeness (QED) is 0.675. The lowest BCUT2D eigenvalue weighted by molar-refractivity contribution is 0.0955. The topological polar surface area (TPSA) is 59.9 Å². The van der Waals surface area contributed by atoms with E-state index in [2.05, 4.69) is 26.5 Å². The third-order valence-corrected chi connectivity index (χ3v) is 3.83. The predicted octanol–water partition coefficient (Wildman–Crippen LogP) is 3.25. The number of carbonyl (C=O) groups excluding carboxylic acids is 1. The molecule has 1 aliphatic heterocycles. The van der Waals surface area contributed by atoms with Crippen LogP contribution in [0.3, 0.4) is 0 Å². The molecule has 6 heteroatoms. The van der Waals surface area contributed by atoms with Gasteiger partial charge in [0.15, 0.2) is 11.5 Å². The molecule has 2 aromatic carbocycles. The van der Waals surface area contributed by atoms with Gasteiger partial charge in [0, 0.05) is 15.6 Å². The second kappa shape index (κ2) is 6.19. The van der Waals surface area contributed by atoms with Gasteiger partial charge in [0.1, 0.15) is 0 Å². The highest BCUT2D eigenvalue weighted by atomic mass is 79.9. The first-order chi connectivity index (χ1) is 10.6. The molecule has 1 amide bonds. The SMILES string of the molecule is Cc1cccc(C(=O)N/N=C/c2cc3c(cc2Br)OCO3)c1. The fraction of sp³-hybridized carbons (Fsp3) is 0.125. The first-order valence-electron chi connectivity index (χ1n) is 6.63. The van der Waals surface area contributed by atoms with Crippen molar-refractivity contribution in [1.82, 2.24) is 5.43 Å². The van der Waals surface area contributed by atoms with E-state index < -0.39 is 0 Å². The Kier molecular flexibility index (Phi) is 4.11. The molecule has 0 saturated heterocycles. The van der Waals surface area contributed by atoms with E-state index in [0.717, 1.165) is 15.6 Å². The monoisotopic (exact) mass is 360 g/mol. The molecule has 5 nitrogen and oxygen atoms in total. The lowest BCUT2D eigenvalue weighted by Crippen LogP contribution is -2.17. The maximum absolute atomic E-state index is 12.0. The van der Waals surface area contributed by atoms with Crippen LogP contribution in [-0.4, -0.2) is 18.9 Å². The molecule has 112 valence electrons. The van der Waals surface area contributed by atoms with Gasteiger partial charge in [-0.25, -0.2) is 5.43 Å². The number of aryl methyl sites for hydroxylation is 1. The Hall–Kier alpha value is -2.34. The predicted molar refractivity (Wildman–Crippen MR) is 86.5 cm³/mol. The van der Waals surface area contributed by atoms with E-state index >= 15 is 0 Å². The summed E-state index contributed by atoms with van der Waals surface area (Å²) in [4.78, 5) is 12.0. The molecule has 0 unspecified atom stereocenters. The zero-order chi connectivity index (χ0) is 15.5. The lowest BCUT2D eigenvalue weighted by Gasteiger charge is -2.03. The number of hydrazone groups is 1. The van der Waals surface area contributed by atoms with Gasteiger partial charge >= 0.3 is 0 Å². The van der Waals surface area contributed by atoms with E-state index in [1.807, 2.05) is 25.1 Å². The molecule has 0 fully saturated rings. The average molecular weight is 361 g/mol. The summed E-state index contributed by atoms with van der Waals surface area (Å²) in [5.41, 5.74) is 4.89. The first-order valence-corrected chi connectivity index (χ1v) is 7.42. The normalized spacial score (nSPS) is 12.6. The average Bonchev–Trinajstić information content (AvgIpc) is 2.94. The molecule has 1 N–H and O–H groups in total. The first kappa shape index (κ1) is 14.6. The highest BCUT2D eigenvalue weighted by molar-refractivity contribution is 9.10. The van der Waals surface area contributed by atoms with Crippen LogP contribution in [0.5, 0.6) is 11.5 Å². The van der Waals surface area contributed by atoms with Crippen molar-refractivity contribution >= 4 is 28.1 Å². The third kappa shape index (κ3) is 3.12. The van der Waals surface area contributed by atoms with Crippen LogP contribution in [0, 0.1) is 6.92 Å².